The molecule has 2 nitrogen and oxygen atoms in total. The molecule has 0 aromatic heterocycles. The molecule has 0 amide bonds. The van der Waals surface area contributed by atoms with Gasteiger partial charge in [-0.25, -0.2) is 0 Å². The molecule has 2 rings (SSSR count). The van der Waals surface area contributed by atoms with Crippen LogP contribution in [0.2, 0.25) is 0 Å². The van der Waals surface area contributed by atoms with E-state index in [1.807, 2.05) is 0 Å². The minimum atomic E-state index is 0.244. The van der Waals surface area contributed by atoms with Crippen molar-refractivity contribution in [2.75, 3.05) is 31.6 Å². The Morgan fingerprint density at radius 2 is 1.67 bits per heavy atom. The lowest BCUT2D eigenvalue weighted by atomic mass is 9.87. The maximum absolute atomic E-state index is 2.50. The molecular formula is C16H26N2. The van der Waals surface area contributed by atoms with Crippen LogP contribution in [0.5, 0.6) is 0 Å². The average molecular weight is 246 g/mol. The summed E-state index contributed by atoms with van der Waals surface area (Å²) in [6.45, 7) is 12.5. The second kappa shape index (κ2) is 4.93. The molecule has 1 aliphatic heterocycles. The molecule has 1 atom stereocenters. The largest absolute Gasteiger partial charge is 0.369 e. The second-order valence-corrected chi connectivity index (χ2v) is 6.57. The summed E-state index contributed by atoms with van der Waals surface area (Å²) >= 11 is 0. The zero-order chi connectivity index (χ0) is 13.3. The Morgan fingerprint density at radius 1 is 1.06 bits per heavy atom. The first kappa shape index (κ1) is 13.4. The summed E-state index contributed by atoms with van der Waals surface area (Å²) in [5.41, 5.74) is 3.02. The van der Waals surface area contributed by atoms with Crippen LogP contribution in [0.3, 0.4) is 0 Å². The lowest BCUT2D eigenvalue weighted by molar-refractivity contribution is 0.234. The minimum Gasteiger partial charge on any atom is -0.369 e. The van der Waals surface area contributed by atoms with Crippen molar-refractivity contribution in [1.29, 1.82) is 0 Å². The number of hydrogen-bond acceptors (Lipinski definition) is 2. The van der Waals surface area contributed by atoms with Crippen LogP contribution in [0.1, 0.15) is 33.3 Å². The summed E-state index contributed by atoms with van der Waals surface area (Å²) < 4.78 is 0. The van der Waals surface area contributed by atoms with E-state index in [1.54, 1.807) is 0 Å². The van der Waals surface area contributed by atoms with E-state index in [1.165, 1.54) is 11.3 Å². The van der Waals surface area contributed by atoms with Crippen LogP contribution in [0, 0.1) is 0 Å². The molecule has 1 saturated heterocycles. The molecule has 0 saturated carbocycles. The Hall–Kier alpha value is -1.02. The highest BCUT2D eigenvalue weighted by Crippen LogP contribution is 2.25. The summed E-state index contributed by atoms with van der Waals surface area (Å²) in [6, 6.07) is 9.74. The fourth-order valence-electron chi connectivity index (χ4n) is 2.46. The van der Waals surface area contributed by atoms with Gasteiger partial charge in [-0.2, -0.15) is 0 Å². The molecule has 1 heterocycles. The van der Waals surface area contributed by atoms with E-state index in [-0.39, 0.29) is 5.41 Å². The van der Waals surface area contributed by atoms with Gasteiger partial charge in [0.15, 0.2) is 0 Å². The van der Waals surface area contributed by atoms with Crippen molar-refractivity contribution in [2.24, 2.45) is 0 Å². The molecule has 0 spiro atoms. The van der Waals surface area contributed by atoms with E-state index in [9.17, 15) is 0 Å². The highest BCUT2D eigenvalue weighted by atomic mass is 15.3. The maximum Gasteiger partial charge on any atom is 0.0367 e. The Bertz CT molecular complexity index is 389. The number of likely N-dealkylation sites (N-methyl/N-ethyl adjacent to an activating group) is 1. The third-order valence-electron chi connectivity index (χ3n) is 4.06. The quantitative estimate of drug-likeness (QED) is 0.751. The topological polar surface area (TPSA) is 6.48 Å². The van der Waals surface area contributed by atoms with E-state index < -0.39 is 0 Å². The third-order valence-corrected chi connectivity index (χ3v) is 4.06. The predicted octanol–water partition coefficient (Wildman–Crippen LogP) is 3.12. The van der Waals surface area contributed by atoms with Crippen LogP contribution >= 0.6 is 0 Å². The van der Waals surface area contributed by atoms with E-state index >= 15 is 0 Å². The van der Waals surface area contributed by atoms with Gasteiger partial charge in [-0.15, -0.1) is 0 Å². The first-order valence-electron chi connectivity index (χ1n) is 6.93. The summed E-state index contributed by atoms with van der Waals surface area (Å²) in [6.07, 6.45) is 0. The monoisotopic (exact) mass is 246 g/mol. The van der Waals surface area contributed by atoms with Crippen molar-refractivity contribution in [3.05, 3.63) is 29.8 Å². The van der Waals surface area contributed by atoms with Crippen LogP contribution in [0.15, 0.2) is 24.3 Å². The highest BCUT2D eigenvalue weighted by molar-refractivity contribution is 5.49. The molecule has 1 fully saturated rings. The smallest absolute Gasteiger partial charge is 0.0367 e. The lowest BCUT2D eigenvalue weighted by Crippen LogP contribution is -2.50. The lowest BCUT2D eigenvalue weighted by Gasteiger charge is -2.39. The van der Waals surface area contributed by atoms with Crippen molar-refractivity contribution in [3.63, 3.8) is 0 Å². The van der Waals surface area contributed by atoms with E-state index in [2.05, 4.69) is 68.8 Å². The van der Waals surface area contributed by atoms with E-state index in [0.29, 0.717) is 6.04 Å². The van der Waals surface area contributed by atoms with Gasteiger partial charge in [0.05, 0.1) is 0 Å². The molecule has 1 unspecified atom stereocenters. The molecule has 0 radical (unpaired) electrons. The van der Waals surface area contributed by atoms with Crippen molar-refractivity contribution in [2.45, 2.75) is 39.2 Å². The van der Waals surface area contributed by atoms with Crippen LogP contribution in [-0.4, -0.2) is 37.6 Å². The summed E-state index contributed by atoms with van der Waals surface area (Å²) in [7, 11) is 2.21. The Kier molecular flexibility index (Phi) is 3.67. The van der Waals surface area contributed by atoms with E-state index in [0.717, 1.165) is 19.6 Å². The molecule has 0 N–H and O–H groups in total. The molecular weight excluding hydrogens is 220 g/mol. The predicted molar refractivity (Wildman–Crippen MR) is 79.4 cm³/mol. The van der Waals surface area contributed by atoms with Crippen molar-refractivity contribution in [1.82, 2.24) is 4.90 Å². The standard InChI is InChI=1S/C16H26N2/c1-13-12-18(11-10-17(13)5)15-8-6-14(7-9-15)16(2,3)4/h6-9,13H,10-12H2,1-5H3. The van der Waals surface area contributed by atoms with Crippen LogP contribution in [0.4, 0.5) is 5.69 Å². The molecule has 2 heteroatoms. The Morgan fingerprint density at radius 3 is 2.17 bits per heavy atom. The molecule has 1 aliphatic rings. The van der Waals surface area contributed by atoms with Crippen molar-refractivity contribution < 1.29 is 0 Å². The van der Waals surface area contributed by atoms with Crippen LogP contribution < -0.4 is 4.90 Å². The van der Waals surface area contributed by atoms with Gasteiger partial charge in [-0.05, 0) is 37.1 Å². The number of piperazine rings is 1. The number of anilines is 1. The van der Waals surface area contributed by atoms with E-state index in [4.69, 9.17) is 0 Å². The zero-order valence-electron chi connectivity index (χ0n) is 12.4. The van der Waals surface area contributed by atoms with Gasteiger partial charge in [0, 0.05) is 31.4 Å². The van der Waals surface area contributed by atoms with Gasteiger partial charge in [-0.3, -0.25) is 0 Å². The Labute approximate surface area is 112 Å². The van der Waals surface area contributed by atoms with Gasteiger partial charge < -0.3 is 9.80 Å². The number of hydrogen-bond donors (Lipinski definition) is 0. The molecule has 1 aromatic rings. The third kappa shape index (κ3) is 2.86. The normalized spacial score (nSPS) is 22.3. The SMILES string of the molecule is CC1CN(c2ccc(C(C)(C)C)cc2)CCN1C. The summed E-state index contributed by atoms with van der Waals surface area (Å²) in [5, 5.41) is 0. The molecule has 0 aliphatic carbocycles. The van der Waals surface area contributed by atoms with Gasteiger partial charge in [0.2, 0.25) is 0 Å². The fourth-order valence-corrected chi connectivity index (χ4v) is 2.46. The van der Waals surface area contributed by atoms with Crippen LogP contribution in [0.25, 0.3) is 0 Å². The number of benzene rings is 1. The number of rotatable bonds is 1. The minimum absolute atomic E-state index is 0.244. The maximum atomic E-state index is 2.50. The molecule has 0 bridgehead atoms. The molecule has 18 heavy (non-hydrogen) atoms. The first-order chi connectivity index (χ1) is 8.38. The molecule has 1 aromatic carbocycles. The van der Waals surface area contributed by atoms with Crippen LogP contribution in [-0.2, 0) is 5.41 Å². The van der Waals surface area contributed by atoms with Crippen molar-refractivity contribution in [3.8, 4) is 0 Å². The summed E-state index contributed by atoms with van der Waals surface area (Å²) in [5.74, 6) is 0. The average Bonchev–Trinajstić information content (AvgIpc) is 2.32. The highest BCUT2D eigenvalue weighted by Gasteiger charge is 2.21. The fraction of sp³-hybridized carbons (Fsp3) is 0.625. The zero-order valence-corrected chi connectivity index (χ0v) is 12.4. The summed E-state index contributed by atoms with van der Waals surface area (Å²) in [4.78, 5) is 4.93. The van der Waals surface area contributed by atoms with Gasteiger partial charge in [0.25, 0.3) is 0 Å². The second-order valence-electron chi connectivity index (χ2n) is 6.57. The molecule has 100 valence electrons. The first-order valence-corrected chi connectivity index (χ1v) is 6.93. The Balaban J connectivity index is 2.11. The van der Waals surface area contributed by atoms with Crippen molar-refractivity contribution >= 4 is 5.69 Å². The number of nitrogens with zero attached hydrogens (tertiary/aromatic N) is 2. The van der Waals surface area contributed by atoms with Gasteiger partial charge >= 0.3 is 0 Å². The van der Waals surface area contributed by atoms with Gasteiger partial charge in [0.1, 0.15) is 0 Å². The van der Waals surface area contributed by atoms with Gasteiger partial charge in [-0.1, -0.05) is 32.9 Å².